The van der Waals surface area contributed by atoms with E-state index in [9.17, 15) is 13.2 Å². The SMILES string of the molecule is Cc1cc(N[C@@H]2CCC[C@@H](C(F)(F)F)C2)n2ncnc2n1. The number of alkyl halides is 3. The van der Waals surface area contributed by atoms with Crippen LogP contribution >= 0.6 is 0 Å². The van der Waals surface area contributed by atoms with Gasteiger partial charge in [0.15, 0.2) is 0 Å². The zero-order valence-corrected chi connectivity index (χ0v) is 11.6. The third-order valence-corrected chi connectivity index (χ3v) is 3.87. The Morgan fingerprint density at radius 1 is 1.33 bits per heavy atom. The van der Waals surface area contributed by atoms with Gasteiger partial charge in [-0.2, -0.15) is 27.8 Å². The molecule has 0 unspecified atom stereocenters. The molecule has 21 heavy (non-hydrogen) atoms. The maximum Gasteiger partial charge on any atom is 0.391 e. The molecule has 2 heterocycles. The number of rotatable bonds is 2. The van der Waals surface area contributed by atoms with Crippen LogP contribution in [0.2, 0.25) is 0 Å². The Balaban J connectivity index is 1.80. The summed E-state index contributed by atoms with van der Waals surface area (Å²) in [5.41, 5.74) is 0.751. The molecule has 0 spiro atoms. The Kier molecular flexibility index (Phi) is 3.46. The molecule has 1 N–H and O–H groups in total. The van der Waals surface area contributed by atoms with Crippen molar-refractivity contribution >= 4 is 11.6 Å². The second kappa shape index (κ2) is 5.16. The molecule has 0 amide bonds. The van der Waals surface area contributed by atoms with Crippen molar-refractivity contribution in [1.29, 1.82) is 0 Å². The maximum atomic E-state index is 12.9. The number of aromatic nitrogens is 4. The average Bonchev–Trinajstić information content (AvgIpc) is 2.86. The van der Waals surface area contributed by atoms with Crippen LogP contribution in [0.3, 0.4) is 0 Å². The van der Waals surface area contributed by atoms with Crippen molar-refractivity contribution < 1.29 is 13.2 Å². The molecule has 1 aliphatic carbocycles. The van der Waals surface area contributed by atoms with Crippen LogP contribution in [0.15, 0.2) is 12.4 Å². The van der Waals surface area contributed by atoms with Crippen LogP contribution in [-0.4, -0.2) is 31.8 Å². The zero-order valence-electron chi connectivity index (χ0n) is 11.6. The van der Waals surface area contributed by atoms with Crippen molar-refractivity contribution in [3.63, 3.8) is 0 Å². The Labute approximate surface area is 119 Å². The molecule has 3 rings (SSSR count). The summed E-state index contributed by atoms with van der Waals surface area (Å²) in [5.74, 6) is -0.138. The monoisotopic (exact) mass is 299 g/mol. The Bertz CT molecular complexity index is 636. The summed E-state index contributed by atoms with van der Waals surface area (Å²) < 4.78 is 40.1. The molecule has 2 aromatic heterocycles. The van der Waals surface area contributed by atoms with E-state index in [0.717, 1.165) is 12.1 Å². The quantitative estimate of drug-likeness (QED) is 0.926. The van der Waals surface area contributed by atoms with Gasteiger partial charge in [0.1, 0.15) is 12.1 Å². The second-order valence-corrected chi connectivity index (χ2v) is 5.50. The summed E-state index contributed by atoms with van der Waals surface area (Å²) >= 11 is 0. The van der Waals surface area contributed by atoms with E-state index in [4.69, 9.17) is 0 Å². The first kappa shape index (κ1) is 14.1. The predicted octanol–water partition coefficient (Wildman–Crippen LogP) is 2.97. The van der Waals surface area contributed by atoms with Crippen LogP contribution in [0, 0.1) is 12.8 Å². The third-order valence-electron chi connectivity index (χ3n) is 3.87. The largest absolute Gasteiger partial charge is 0.391 e. The maximum absolute atomic E-state index is 12.9. The molecule has 0 aromatic carbocycles. The third kappa shape index (κ3) is 2.93. The van der Waals surface area contributed by atoms with Gasteiger partial charge in [-0.05, 0) is 26.2 Å². The highest BCUT2D eigenvalue weighted by Gasteiger charge is 2.42. The molecule has 0 radical (unpaired) electrons. The first-order valence-electron chi connectivity index (χ1n) is 6.94. The normalized spacial score (nSPS) is 23.4. The van der Waals surface area contributed by atoms with Crippen LogP contribution in [0.4, 0.5) is 19.0 Å². The highest BCUT2D eigenvalue weighted by atomic mass is 19.4. The number of hydrogen-bond acceptors (Lipinski definition) is 4. The van der Waals surface area contributed by atoms with Crippen molar-refractivity contribution in [3.05, 3.63) is 18.1 Å². The van der Waals surface area contributed by atoms with Gasteiger partial charge in [0.25, 0.3) is 5.78 Å². The number of nitrogens with zero attached hydrogens (tertiary/aromatic N) is 4. The van der Waals surface area contributed by atoms with Gasteiger partial charge < -0.3 is 5.32 Å². The molecule has 2 aromatic rings. The van der Waals surface area contributed by atoms with Gasteiger partial charge in [-0.1, -0.05) is 6.42 Å². The number of aryl methyl sites for hydroxylation is 1. The van der Waals surface area contributed by atoms with Crippen molar-refractivity contribution in [3.8, 4) is 0 Å². The van der Waals surface area contributed by atoms with Crippen molar-refractivity contribution in [2.45, 2.75) is 44.8 Å². The van der Waals surface area contributed by atoms with Gasteiger partial charge in [-0.3, -0.25) is 0 Å². The molecule has 1 saturated carbocycles. The van der Waals surface area contributed by atoms with Crippen molar-refractivity contribution in [2.75, 3.05) is 5.32 Å². The smallest absolute Gasteiger partial charge is 0.367 e. The minimum Gasteiger partial charge on any atom is -0.367 e. The number of anilines is 1. The standard InChI is InChI=1S/C13H16F3N5/c1-8-5-11(21-12(19-8)17-7-18-21)20-10-4-2-3-9(6-10)13(14,15)16/h5,7,9-10,20H,2-4,6H2,1H3/t9-,10-/m1/s1. The minimum absolute atomic E-state index is 0.0983. The van der Waals surface area contributed by atoms with Crippen LogP contribution in [-0.2, 0) is 0 Å². The molecular weight excluding hydrogens is 283 g/mol. The Morgan fingerprint density at radius 3 is 2.90 bits per heavy atom. The lowest BCUT2D eigenvalue weighted by atomic mass is 9.85. The summed E-state index contributed by atoms with van der Waals surface area (Å²) in [7, 11) is 0. The van der Waals surface area contributed by atoms with Gasteiger partial charge in [0.05, 0.1) is 5.92 Å². The second-order valence-electron chi connectivity index (χ2n) is 5.50. The zero-order chi connectivity index (χ0) is 15.0. The van der Waals surface area contributed by atoms with Crippen LogP contribution in [0.25, 0.3) is 5.78 Å². The number of hydrogen-bond donors (Lipinski definition) is 1. The summed E-state index contributed by atoms with van der Waals surface area (Å²) in [6, 6.07) is 1.57. The molecular formula is C13H16F3N5. The first-order valence-corrected chi connectivity index (χ1v) is 6.94. The highest BCUT2D eigenvalue weighted by molar-refractivity contribution is 5.45. The highest BCUT2D eigenvalue weighted by Crippen LogP contribution is 2.38. The van der Waals surface area contributed by atoms with Gasteiger partial charge in [-0.15, -0.1) is 0 Å². The lowest BCUT2D eigenvalue weighted by Crippen LogP contribution is -2.35. The molecule has 0 bridgehead atoms. The van der Waals surface area contributed by atoms with Gasteiger partial charge in [0.2, 0.25) is 0 Å². The van der Waals surface area contributed by atoms with E-state index in [-0.39, 0.29) is 18.9 Å². The Hall–Kier alpha value is -1.86. The van der Waals surface area contributed by atoms with E-state index in [1.165, 1.54) is 10.8 Å². The lowest BCUT2D eigenvalue weighted by molar-refractivity contribution is -0.182. The van der Waals surface area contributed by atoms with Crippen molar-refractivity contribution in [1.82, 2.24) is 19.6 Å². The van der Waals surface area contributed by atoms with Gasteiger partial charge in [0, 0.05) is 17.8 Å². The fraction of sp³-hybridized carbons (Fsp3) is 0.615. The molecule has 8 heteroatoms. The van der Waals surface area contributed by atoms with Crippen LogP contribution in [0.5, 0.6) is 0 Å². The first-order chi connectivity index (χ1) is 9.93. The number of nitrogens with one attached hydrogen (secondary N) is 1. The molecule has 1 aliphatic rings. The predicted molar refractivity (Wildman–Crippen MR) is 70.9 cm³/mol. The van der Waals surface area contributed by atoms with Gasteiger partial charge in [-0.25, -0.2) is 4.98 Å². The van der Waals surface area contributed by atoms with E-state index >= 15 is 0 Å². The van der Waals surface area contributed by atoms with Gasteiger partial charge >= 0.3 is 6.18 Å². The van der Waals surface area contributed by atoms with Crippen molar-refractivity contribution in [2.24, 2.45) is 5.92 Å². The fourth-order valence-corrected chi connectivity index (χ4v) is 2.86. The summed E-state index contributed by atoms with van der Waals surface area (Å²) in [6.07, 6.45) is -1.11. The molecule has 1 fully saturated rings. The summed E-state index contributed by atoms with van der Waals surface area (Å²) in [4.78, 5) is 8.22. The molecule has 114 valence electrons. The van der Waals surface area contributed by atoms with E-state index < -0.39 is 12.1 Å². The molecule has 0 aliphatic heterocycles. The van der Waals surface area contributed by atoms with E-state index in [2.05, 4.69) is 20.4 Å². The number of fused-ring (bicyclic) bond motifs is 1. The Morgan fingerprint density at radius 2 is 2.14 bits per heavy atom. The molecule has 5 nitrogen and oxygen atoms in total. The fourth-order valence-electron chi connectivity index (χ4n) is 2.86. The van der Waals surface area contributed by atoms with E-state index in [1.54, 1.807) is 6.07 Å². The summed E-state index contributed by atoms with van der Waals surface area (Å²) in [6.45, 7) is 1.82. The molecule has 0 saturated heterocycles. The van der Waals surface area contributed by atoms with E-state index in [0.29, 0.717) is 18.0 Å². The van der Waals surface area contributed by atoms with Crippen LogP contribution < -0.4 is 5.32 Å². The topological polar surface area (TPSA) is 55.1 Å². The van der Waals surface area contributed by atoms with Crippen LogP contribution in [0.1, 0.15) is 31.4 Å². The number of halogens is 3. The lowest BCUT2D eigenvalue weighted by Gasteiger charge is -2.31. The summed E-state index contributed by atoms with van der Waals surface area (Å²) in [5, 5.41) is 7.22. The van der Waals surface area contributed by atoms with E-state index in [1.807, 2.05) is 6.92 Å². The molecule has 2 atom stereocenters. The minimum atomic E-state index is -4.11. The average molecular weight is 299 g/mol.